The zero-order valence-corrected chi connectivity index (χ0v) is 15.4. The summed E-state index contributed by atoms with van der Waals surface area (Å²) in [5.74, 6) is 0.776. The molecule has 2 aromatic rings. The van der Waals surface area contributed by atoms with Gasteiger partial charge in [-0.05, 0) is 24.8 Å². The number of ether oxygens (including phenoxy) is 1. The highest BCUT2D eigenvalue weighted by Crippen LogP contribution is 2.30. The third-order valence-corrected chi connectivity index (χ3v) is 5.61. The van der Waals surface area contributed by atoms with Gasteiger partial charge in [0.1, 0.15) is 6.07 Å². The molecule has 1 atom stereocenters. The molecule has 0 spiro atoms. The van der Waals surface area contributed by atoms with Gasteiger partial charge in [0, 0.05) is 57.4 Å². The van der Waals surface area contributed by atoms with Gasteiger partial charge in [-0.2, -0.15) is 5.26 Å². The number of rotatable bonds is 4. The zero-order chi connectivity index (χ0) is 18.6. The Labute approximate surface area is 159 Å². The number of anilines is 1. The minimum Gasteiger partial charge on any atom is -0.381 e. The van der Waals surface area contributed by atoms with Gasteiger partial charge >= 0.3 is 0 Å². The van der Waals surface area contributed by atoms with Crippen LogP contribution in [0.5, 0.6) is 0 Å². The van der Waals surface area contributed by atoms with Crippen molar-refractivity contribution in [2.75, 3.05) is 44.3 Å². The molecule has 1 unspecified atom stereocenters. The Morgan fingerprint density at radius 2 is 2.07 bits per heavy atom. The van der Waals surface area contributed by atoms with E-state index >= 15 is 0 Å². The van der Waals surface area contributed by atoms with Gasteiger partial charge in [-0.25, -0.2) is 0 Å². The Balaban J connectivity index is 1.43. The first kappa shape index (κ1) is 17.7. The highest BCUT2D eigenvalue weighted by Gasteiger charge is 2.25. The van der Waals surface area contributed by atoms with Gasteiger partial charge in [0.2, 0.25) is 5.91 Å². The van der Waals surface area contributed by atoms with E-state index in [1.165, 1.54) is 0 Å². The fourth-order valence-electron chi connectivity index (χ4n) is 4.03. The van der Waals surface area contributed by atoms with Gasteiger partial charge in [0.15, 0.2) is 0 Å². The van der Waals surface area contributed by atoms with E-state index in [4.69, 9.17) is 4.74 Å². The van der Waals surface area contributed by atoms with Crippen molar-refractivity contribution >= 4 is 22.5 Å². The number of carbonyl (C=O) groups excluding carboxylic acids is 1. The monoisotopic (exact) mass is 364 g/mol. The first-order valence-electron chi connectivity index (χ1n) is 9.64. The third-order valence-electron chi connectivity index (χ3n) is 5.61. The molecule has 2 aliphatic heterocycles. The molecule has 0 aliphatic carbocycles. The molecule has 2 fully saturated rings. The van der Waals surface area contributed by atoms with E-state index in [9.17, 15) is 10.1 Å². The van der Waals surface area contributed by atoms with Crippen LogP contribution in [-0.2, 0) is 9.53 Å². The number of benzene rings is 1. The molecule has 3 heterocycles. The molecule has 2 saturated heterocycles. The lowest BCUT2D eigenvalue weighted by Gasteiger charge is -2.37. The lowest BCUT2D eigenvalue weighted by atomic mass is 10.0. The average Bonchev–Trinajstić information content (AvgIpc) is 3.25. The highest BCUT2D eigenvalue weighted by atomic mass is 16.5. The summed E-state index contributed by atoms with van der Waals surface area (Å²) in [7, 11) is 0. The topological polar surface area (TPSA) is 69.5 Å². The van der Waals surface area contributed by atoms with Gasteiger partial charge in [-0.1, -0.05) is 18.2 Å². The number of fused-ring (bicyclic) bond motifs is 1. The predicted octanol–water partition coefficient (Wildman–Crippen LogP) is 2.57. The molecular weight excluding hydrogens is 340 g/mol. The molecule has 6 heteroatoms. The van der Waals surface area contributed by atoms with Gasteiger partial charge < -0.3 is 14.5 Å². The van der Waals surface area contributed by atoms with Crippen LogP contribution < -0.4 is 4.90 Å². The largest absolute Gasteiger partial charge is 0.381 e. The van der Waals surface area contributed by atoms with Crippen molar-refractivity contribution < 1.29 is 9.53 Å². The van der Waals surface area contributed by atoms with E-state index < -0.39 is 0 Å². The van der Waals surface area contributed by atoms with Crippen LogP contribution in [0, 0.1) is 17.2 Å². The Hall–Kier alpha value is -2.65. The number of hydrogen-bond donors (Lipinski definition) is 0. The van der Waals surface area contributed by atoms with E-state index in [-0.39, 0.29) is 5.91 Å². The Morgan fingerprint density at radius 1 is 1.26 bits per heavy atom. The zero-order valence-electron chi connectivity index (χ0n) is 15.4. The summed E-state index contributed by atoms with van der Waals surface area (Å²) in [6.45, 7) is 4.50. The summed E-state index contributed by atoms with van der Waals surface area (Å²) in [5, 5.41) is 10.5. The van der Waals surface area contributed by atoms with Crippen molar-refractivity contribution in [1.82, 2.24) is 9.88 Å². The Kier molecular flexibility index (Phi) is 5.21. The summed E-state index contributed by atoms with van der Waals surface area (Å²) < 4.78 is 5.39. The second-order valence-electron chi connectivity index (χ2n) is 7.29. The fraction of sp³-hybridized carbons (Fsp3) is 0.476. The third kappa shape index (κ3) is 3.74. The van der Waals surface area contributed by atoms with Crippen LogP contribution in [-0.4, -0.2) is 55.2 Å². The standard InChI is InChI=1S/C21H24N4O2/c22-13-17-14-23-19-4-2-1-3-18(19)21(17)25-10-8-24(9-11-25)20(26)6-5-16-7-12-27-15-16/h1-4,14,16H,5-12,15H2. The lowest BCUT2D eigenvalue weighted by molar-refractivity contribution is -0.131. The molecule has 4 rings (SSSR count). The minimum atomic E-state index is 0.238. The maximum Gasteiger partial charge on any atom is 0.222 e. The van der Waals surface area contributed by atoms with E-state index in [0.29, 0.717) is 31.0 Å². The number of hydrogen-bond acceptors (Lipinski definition) is 5. The maximum absolute atomic E-state index is 12.5. The molecule has 1 aromatic heterocycles. The molecule has 140 valence electrons. The second-order valence-corrected chi connectivity index (χ2v) is 7.29. The molecule has 27 heavy (non-hydrogen) atoms. The lowest BCUT2D eigenvalue weighted by Crippen LogP contribution is -2.49. The number of pyridine rings is 1. The number of piperazine rings is 1. The molecule has 1 amide bonds. The first-order chi connectivity index (χ1) is 13.3. The summed E-state index contributed by atoms with van der Waals surface area (Å²) in [5.41, 5.74) is 2.43. The van der Waals surface area contributed by atoms with E-state index in [1.54, 1.807) is 6.20 Å². The van der Waals surface area contributed by atoms with Gasteiger partial charge in [0.25, 0.3) is 0 Å². The van der Waals surface area contributed by atoms with Crippen molar-refractivity contribution in [3.8, 4) is 6.07 Å². The molecule has 6 nitrogen and oxygen atoms in total. The Bertz CT molecular complexity index is 862. The molecule has 0 N–H and O–H groups in total. The number of amides is 1. The summed E-state index contributed by atoms with van der Waals surface area (Å²) in [6.07, 6.45) is 4.26. The van der Waals surface area contributed by atoms with Crippen LogP contribution in [0.15, 0.2) is 30.5 Å². The molecule has 0 radical (unpaired) electrons. The van der Waals surface area contributed by atoms with Crippen molar-refractivity contribution in [2.45, 2.75) is 19.3 Å². The van der Waals surface area contributed by atoms with Crippen molar-refractivity contribution in [3.63, 3.8) is 0 Å². The van der Waals surface area contributed by atoms with Gasteiger partial charge in [0.05, 0.1) is 16.8 Å². The van der Waals surface area contributed by atoms with Crippen LogP contribution >= 0.6 is 0 Å². The molecular formula is C21H24N4O2. The molecule has 0 saturated carbocycles. The maximum atomic E-state index is 12.5. The first-order valence-corrected chi connectivity index (χ1v) is 9.64. The van der Waals surface area contributed by atoms with E-state index in [1.807, 2.05) is 29.2 Å². The van der Waals surface area contributed by atoms with Crippen molar-refractivity contribution in [2.24, 2.45) is 5.92 Å². The van der Waals surface area contributed by atoms with Crippen LogP contribution in [0.2, 0.25) is 0 Å². The fourth-order valence-corrected chi connectivity index (χ4v) is 4.03. The predicted molar refractivity (Wildman–Crippen MR) is 103 cm³/mol. The smallest absolute Gasteiger partial charge is 0.222 e. The van der Waals surface area contributed by atoms with Crippen molar-refractivity contribution in [1.29, 1.82) is 5.26 Å². The number of nitrogens with zero attached hydrogens (tertiary/aromatic N) is 4. The van der Waals surface area contributed by atoms with E-state index in [2.05, 4.69) is 16.0 Å². The molecule has 0 bridgehead atoms. The summed E-state index contributed by atoms with van der Waals surface area (Å²) >= 11 is 0. The number of nitriles is 1. The number of para-hydroxylation sites is 1. The van der Waals surface area contributed by atoms with E-state index in [0.717, 1.165) is 55.7 Å². The van der Waals surface area contributed by atoms with Crippen LogP contribution in [0.3, 0.4) is 0 Å². The Morgan fingerprint density at radius 3 is 2.81 bits per heavy atom. The second kappa shape index (κ2) is 7.93. The summed E-state index contributed by atoms with van der Waals surface area (Å²) in [4.78, 5) is 21.1. The normalized spacial score (nSPS) is 20.0. The molecule has 2 aliphatic rings. The van der Waals surface area contributed by atoms with Crippen LogP contribution in [0.4, 0.5) is 5.69 Å². The van der Waals surface area contributed by atoms with Crippen LogP contribution in [0.1, 0.15) is 24.8 Å². The quantitative estimate of drug-likeness (QED) is 0.834. The van der Waals surface area contributed by atoms with Crippen LogP contribution in [0.25, 0.3) is 10.9 Å². The van der Waals surface area contributed by atoms with Gasteiger partial charge in [-0.3, -0.25) is 9.78 Å². The average molecular weight is 364 g/mol. The number of aromatic nitrogens is 1. The summed E-state index contributed by atoms with van der Waals surface area (Å²) in [6, 6.07) is 10.2. The number of carbonyl (C=O) groups is 1. The minimum absolute atomic E-state index is 0.238. The SMILES string of the molecule is N#Cc1cnc2ccccc2c1N1CCN(C(=O)CCC2CCOC2)CC1. The van der Waals surface area contributed by atoms with Crippen molar-refractivity contribution in [3.05, 3.63) is 36.0 Å². The molecule has 1 aromatic carbocycles. The van der Waals surface area contributed by atoms with Gasteiger partial charge in [-0.15, -0.1) is 0 Å². The highest BCUT2D eigenvalue weighted by molar-refractivity contribution is 5.94.